The maximum Gasteiger partial charge on any atom is 0.123 e. The van der Waals surface area contributed by atoms with Gasteiger partial charge in [-0.2, -0.15) is 0 Å². The lowest BCUT2D eigenvalue weighted by Crippen LogP contribution is -2.37. The lowest BCUT2D eigenvalue weighted by molar-refractivity contribution is 0.154. The Balaban J connectivity index is 0.00000225. The number of phenolic OH excluding ortho intramolecular Hbond substituents is 1. The van der Waals surface area contributed by atoms with Crippen LogP contribution in [0.3, 0.4) is 0 Å². The minimum atomic E-state index is -0.166. The molecule has 25 heavy (non-hydrogen) atoms. The van der Waals surface area contributed by atoms with Gasteiger partial charge >= 0.3 is 0 Å². The maximum atomic E-state index is 12.9. The summed E-state index contributed by atoms with van der Waals surface area (Å²) in [6.45, 7) is 3.69. The van der Waals surface area contributed by atoms with Crippen LogP contribution in [-0.4, -0.2) is 36.2 Å². The topological polar surface area (TPSA) is 32.7 Å². The second-order valence-corrected chi connectivity index (χ2v) is 6.46. The SMILES string of the molecule is Cl.Oc1cccc(OCCN2CCC(Cc3ccc(F)cc3)CC2)c1. The van der Waals surface area contributed by atoms with E-state index < -0.39 is 0 Å². The number of ether oxygens (including phenoxy) is 1. The standard InChI is InChI=1S/C20H24FNO2.ClH/c21-18-6-4-16(5-7-18)14-17-8-10-22(11-9-17)12-13-24-20-3-1-2-19(23)15-20;/h1-7,15,17,23H,8-14H2;1H. The van der Waals surface area contributed by atoms with Crippen molar-refractivity contribution in [3.8, 4) is 11.5 Å². The Morgan fingerprint density at radius 2 is 1.80 bits per heavy atom. The van der Waals surface area contributed by atoms with E-state index in [9.17, 15) is 9.50 Å². The summed E-state index contributed by atoms with van der Waals surface area (Å²) < 4.78 is 18.6. The zero-order chi connectivity index (χ0) is 16.8. The number of benzene rings is 2. The van der Waals surface area contributed by atoms with Crippen molar-refractivity contribution in [2.24, 2.45) is 5.92 Å². The quantitative estimate of drug-likeness (QED) is 0.829. The molecule has 1 saturated heterocycles. The summed E-state index contributed by atoms with van der Waals surface area (Å²) in [6.07, 6.45) is 3.38. The van der Waals surface area contributed by atoms with Gasteiger partial charge in [0.25, 0.3) is 0 Å². The third-order valence-corrected chi connectivity index (χ3v) is 4.64. The fourth-order valence-corrected chi connectivity index (χ4v) is 3.23. The van der Waals surface area contributed by atoms with E-state index in [1.807, 2.05) is 18.2 Å². The Morgan fingerprint density at radius 3 is 2.48 bits per heavy atom. The molecule has 1 aliphatic rings. The number of piperidine rings is 1. The van der Waals surface area contributed by atoms with E-state index in [0.29, 0.717) is 18.3 Å². The van der Waals surface area contributed by atoms with Gasteiger partial charge < -0.3 is 9.84 Å². The van der Waals surface area contributed by atoms with E-state index in [4.69, 9.17) is 4.74 Å². The van der Waals surface area contributed by atoms with Crippen LogP contribution in [0.4, 0.5) is 4.39 Å². The molecule has 0 bridgehead atoms. The van der Waals surface area contributed by atoms with E-state index in [2.05, 4.69) is 4.90 Å². The van der Waals surface area contributed by atoms with Crippen molar-refractivity contribution in [2.45, 2.75) is 19.3 Å². The van der Waals surface area contributed by atoms with Crippen LogP contribution >= 0.6 is 12.4 Å². The monoisotopic (exact) mass is 365 g/mol. The zero-order valence-electron chi connectivity index (χ0n) is 14.2. The van der Waals surface area contributed by atoms with Gasteiger partial charge in [-0.15, -0.1) is 12.4 Å². The summed E-state index contributed by atoms with van der Waals surface area (Å²) in [4.78, 5) is 2.42. The molecule has 0 amide bonds. The number of rotatable bonds is 6. The van der Waals surface area contributed by atoms with Crippen molar-refractivity contribution in [1.29, 1.82) is 0 Å². The fraction of sp³-hybridized carbons (Fsp3) is 0.400. The second-order valence-electron chi connectivity index (χ2n) is 6.46. The van der Waals surface area contributed by atoms with E-state index in [1.54, 1.807) is 30.3 Å². The highest BCUT2D eigenvalue weighted by Crippen LogP contribution is 2.22. The molecular formula is C20H25ClFNO2. The average Bonchev–Trinajstić information content (AvgIpc) is 2.59. The number of phenols is 1. The van der Waals surface area contributed by atoms with Crippen LogP contribution in [0.25, 0.3) is 0 Å². The van der Waals surface area contributed by atoms with Crippen molar-refractivity contribution < 1.29 is 14.2 Å². The Morgan fingerprint density at radius 1 is 1.08 bits per heavy atom. The van der Waals surface area contributed by atoms with Gasteiger partial charge in [0.2, 0.25) is 0 Å². The highest BCUT2D eigenvalue weighted by Gasteiger charge is 2.19. The first-order valence-electron chi connectivity index (χ1n) is 8.58. The molecule has 0 radical (unpaired) electrons. The summed E-state index contributed by atoms with van der Waals surface area (Å²) >= 11 is 0. The molecule has 136 valence electrons. The Hall–Kier alpha value is -1.78. The minimum Gasteiger partial charge on any atom is -0.508 e. The van der Waals surface area contributed by atoms with Gasteiger partial charge in [-0.05, 0) is 68.1 Å². The molecule has 1 N–H and O–H groups in total. The van der Waals surface area contributed by atoms with Crippen molar-refractivity contribution in [3.63, 3.8) is 0 Å². The van der Waals surface area contributed by atoms with Crippen molar-refractivity contribution in [2.75, 3.05) is 26.2 Å². The molecule has 1 heterocycles. The molecule has 0 aromatic heterocycles. The number of likely N-dealkylation sites (tertiary alicyclic amines) is 1. The van der Waals surface area contributed by atoms with Crippen LogP contribution in [0.5, 0.6) is 11.5 Å². The average molecular weight is 366 g/mol. The molecule has 0 aliphatic carbocycles. The highest BCUT2D eigenvalue weighted by atomic mass is 35.5. The third kappa shape index (κ3) is 6.22. The van der Waals surface area contributed by atoms with Crippen LogP contribution in [0.2, 0.25) is 0 Å². The van der Waals surface area contributed by atoms with Crippen LogP contribution in [0.1, 0.15) is 18.4 Å². The number of halogens is 2. The van der Waals surface area contributed by atoms with Crippen LogP contribution in [-0.2, 0) is 6.42 Å². The van der Waals surface area contributed by atoms with Crippen molar-refractivity contribution in [1.82, 2.24) is 4.90 Å². The predicted octanol–water partition coefficient (Wildman–Crippen LogP) is 4.29. The summed E-state index contributed by atoms with van der Waals surface area (Å²) in [5.74, 6) is 1.45. The fourth-order valence-electron chi connectivity index (χ4n) is 3.23. The lowest BCUT2D eigenvalue weighted by Gasteiger charge is -2.31. The van der Waals surface area contributed by atoms with Crippen LogP contribution in [0.15, 0.2) is 48.5 Å². The van der Waals surface area contributed by atoms with E-state index in [-0.39, 0.29) is 24.0 Å². The van der Waals surface area contributed by atoms with Gasteiger partial charge in [0.05, 0.1) is 0 Å². The van der Waals surface area contributed by atoms with Gasteiger partial charge in [-0.3, -0.25) is 4.90 Å². The molecule has 1 fully saturated rings. The molecule has 3 rings (SSSR count). The van der Waals surface area contributed by atoms with Crippen molar-refractivity contribution in [3.05, 3.63) is 59.9 Å². The Kier molecular flexibility index (Phi) is 7.53. The summed E-state index contributed by atoms with van der Waals surface area (Å²) in [6, 6.07) is 13.8. The summed E-state index contributed by atoms with van der Waals surface area (Å²) in [7, 11) is 0. The molecule has 2 aromatic rings. The lowest BCUT2D eigenvalue weighted by atomic mass is 9.90. The molecular weight excluding hydrogens is 341 g/mol. The number of hydrogen-bond donors (Lipinski definition) is 1. The molecule has 5 heteroatoms. The molecule has 3 nitrogen and oxygen atoms in total. The Labute approximate surface area is 154 Å². The predicted molar refractivity (Wildman–Crippen MR) is 100 cm³/mol. The van der Waals surface area contributed by atoms with E-state index in [1.165, 1.54) is 18.4 Å². The zero-order valence-corrected chi connectivity index (χ0v) is 15.1. The first-order valence-corrected chi connectivity index (χ1v) is 8.58. The van der Waals surface area contributed by atoms with Gasteiger partial charge in [0.15, 0.2) is 0 Å². The molecule has 2 aromatic carbocycles. The van der Waals surface area contributed by atoms with Crippen molar-refractivity contribution >= 4 is 12.4 Å². The highest BCUT2D eigenvalue weighted by molar-refractivity contribution is 5.85. The van der Waals surface area contributed by atoms with Gasteiger partial charge in [-0.25, -0.2) is 4.39 Å². The smallest absolute Gasteiger partial charge is 0.123 e. The number of hydrogen-bond acceptors (Lipinski definition) is 3. The molecule has 0 saturated carbocycles. The minimum absolute atomic E-state index is 0. The third-order valence-electron chi connectivity index (χ3n) is 4.64. The largest absolute Gasteiger partial charge is 0.508 e. The molecule has 1 aliphatic heterocycles. The second kappa shape index (κ2) is 9.64. The molecule has 0 atom stereocenters. The molecule has 0 unspecified atom stereocenters. The van der Waals surface area contributed by atoms with Gasteiger partial charge in [0.1, 0.15) is 23.9 Å². The summed E-state index contributed by atoms with van der Waals surface area (Å²) in [5, 5.41) is 9.42. The van der Waals surface area contributed by atoms with Crippen LogP contribution < -0.4 is 4.74 Å². The number of nitrogens with zero attached hydrogens (tertiary/aromatic N) is 1. The molecule has 0 spiro atoms. The Bertz CT molecular complexity index is 642. The normalized spacial score (nSPS) is 15.6. The van der Waals surface area contributed by atoms with Gasteiger partial charge in [0, 0.05) is 12.6 Å². The number of aromatic hydroxyl groups is 1. The van der Waals surface area contributed by atoms with E-state index in [0.717, 1.165) is 26.1 Å². The maximum absolute atomic E-state index is 12.9. The van der Waals surface area contributed by atoms with Crippen LogP contribution in [0, 0.1) is 11.7 Å². The van der Waals surface area contributed by atoms with Gasteiger partial charge in [-0.1, -0.05) is 18.2 Å². The first kappa shape index (κ1) is 19.5. The summed E-state index contributed by atoms with van der Waals surface area (Å²) in [5.41, 5.74) is 1.22. The van der Waals surface area contributed by atoms with E-state index >= 15 is 0 Å². The first-order chi connectivity index (χ1) is 11.7.